The molecule has 1 heterocycles. The summed E-state index contributed by atoms with van der Waals surface area (Å²) < 4.78 is 72.2. The molecule has 2 aromatic carbocycles. The number of carbonyl (C=O) groups excluding carboxylic acids is 1. The second-order valence-electron chi connectivity index (χ2n) is 7.25. The molecule has 0 aliphatic carbocycles. The Kier molecular flexibility index (Phi) is 7.25. The highest BCUT2D eigenvalue weighted by atomic mass is 32.2. The van der Waals surface area contributed by atoms with Crippen LogP contribution in [0.2, 0.25) is 0 Å². The van der Waals surface area contributed by atoms with Crippen LogP contribution < -0.4 is 9.62 Å². The number of ether oxygens (including phenoxy) is 1. The lowest BCUT2D eigenvalue weighted by molar-refractivity contribution is -0.137. The number of nitrogens with one attached hydrogen (secondary N) is 1. The molecule has 1 aliphatic rings. The molecule has 0 spiro atoms. The van der Waals surface area contributed by atoms with Crippen LogP contribution in [0, 0.1) is 0 Å². The summed E-state index contributed by atoms with van der Waals surface area (Å²) >= 11 is 0. The van der Waals surface area contributed by atoms with Crippen molar-refractivity contribution >= 4 is 21.6 Å². The van der Waals surface area contributed by atoms with Gasteiger partial charge in [-0.3, -0.25) is 9.10 Å². The first-order valence-electron chi connectivity index (χ1n) is 9.93. The van der Waals surface area contributed by atoms with E-state index in [1.807, 2.05) is 0 Å². The molecular weight excluding hydrogens is 445 g/mol. The van der Waals surface area contributed by atoms with Gasteiger partial charge in [-0.1, -0.05) is 18.2 Å². The molecule has 1 unspecified atom stereocenters. The van der Waals surface area contributed by atoms with E-state index in [0.29, 0.717) is 13.2 Å². The highest BCUT2D eigenvalue weighted by Gasteiger charge is 2.32. The van der Waals surface area contributed by atoms with Gasteiger partial charge in [0, 0.05) is 18.7 Å². The quantitative estimate of drug-likeness (QED) is 0.595. The van der Waals surface area contributed by atoms with E-state index in [-0.39, 0.29) is 28.8 Å². The van der Waals surface area contributed by atoms with E-state index in [0.717, 1.165) is 35.3 Å². The summed E-state index contributed by atoms with van der Waals surface area (Å²) in [6.45, 7) is 4.21. The van der Waals surface area contributed by atoms with Gasteiger partial charge in [0.2, 0.25) is 0 Å². The Morgan fingerprint density at radius 2 is 1.97 bits per heavy atom. The average Bonchev–Trinajstić information content (AvgIpc) is 3.29. The normalized spacial score (nSPS) is 16.5. The van der Waals surface area contributed by atoms with Crippen LogP contribution in [0.3, 0.4) is 0 Å². The third-order valence-electron chi connectivity index (χ3n) is 4.95. The largest absolute Gasteiger partial charge is 0.416 e. The molecule has 1 amide bonds. The van der Waals surface area contributed by atoms with Gasteiger partial charge in [0.1, 0.15) is 0 Å². The summed E-state index contributed by atoms with van der Waals surface area (Å²) in [4.78, 5) is 12.3. The van der Waals surface area contributed by atoms with E-state index >= 15 is 0 Å². The Hall–Kier alpha value is -2.85. The van der Waals surface area contributed by atoms with E-state index in [9.17, 15) is 26.4 Å². The first kappa shape index (κ1) is 23.8. The molecule has 6 nitrogen and oxygen atoms in total. The van der Waals surface area contributed by atoms with Crippen LogP contribution >= 0.6 is 0 Å². The van der Waals surface area contributed by atoms with E-state index < -0.39 is 27.7 Å². The van der Waals surface area contributed by atoms with Crippen molar-refractivity contribution in [3.8, 4) is 0 Å². The van der Waals surface area contributed by atoms with Crippen molar-refractivity contribution in [2.24, 2.45) is 0 Å². The van der Waals surface area contributed by atoms with Crippen LogP contribution in [0.1, 0.15) is 28.8 Å². The summed E-state index contributed by atoms with van der Waals surface area (Å²) in [7, 11) is -4.28. The fraction of sp³-hybridized carbons (Fsp3) is 0.318. The van der Waals surface area contributed by atoms with Crippen LogP contribution in [0.5, 0.6) is 0 Å². The van der Waals surface area contributed by atoms with Gasteiger partial charge < -0.3 is 10.1 Å². The maximum atomic E-state index is 13.3. The van der Waals surface area contributed by atoms with E-state index in [1.54, 1.807) is 0 Å². The van der Waals surface area contributed by atoms with Crippen molar-refractivity contribution in [2.45, 2.75) is 30.0 Å². The second kappa shape index (κ2) is 9.74. The number of carbonyl (C=O) groups is 1. The average molecular weight is 468 g/mol. The Labute approximate surface area is 184 Å². The van der Waals surface area contributed by atoms with Gasteiger partial charge in [0.25, 0.3) is 15.9 Å². The first-order chi connectivity index (χ1) is 15.1. The molecule has 0 aromatic heterocycles. The summed E-state index contributed by atoms with van der Waals surface area (Å²) in [6, 6.07) is 9.39. The number of alkyl halides is 3. The highest BCUT2D eigenvalue weighted by Crippen LogP contribution is 2.33. The number of rotatable bonds is 8. The van der Waals surface area contributed by atoms with Gasteiger partial charge in [-0.25, -0.2) is 8.42 Å². The molecule has 1 saturated heterocycles. The van der Waals surface area contributed by atoms with Gasteiger partial charge in [-0.15, -0.1) is 6.58 Å². The van der Waals surface area contributed by atoms with Crippen molar-refractivity contribution in [3.05, 3.63) is 72.3 Å². The minimum Gasteiger partial charge on any atom is -0.376 e. The number of amides is 1. The number of anilines is 1. The van der Waals surface area contributed by atoms with Crippen molar-refractivity contribution in [2.75, 3.05) is 24.0 Å². The number of benzene rings is 2. The van der Waals surface area contributed by atoms with Crippen molar-refractivity contribution < 1.29 is 31.1 Å². The smallest absolute Gasteiger partial charge is 0.376 e. The fourth-order valence-electron chi connectivity index (χ4n) is 3.34. The van der Waals surface area contributed by atoms with Crippen molar-refractivity contribution in [3.63, 3.8) is 0 Å². The molecule has 1 fully saturated rings. The van der Waals surface area contributed by atoms with Gasteiger partial charge in [-0.05, 0) is 49.2 Å². The zero-order valence-corrected chi connectivity index (χ0v) is 18.0. The molecule has 0 saturated carbocycles. The van der Waals surface area contributed by atoms with Crippen LogP contribution in [-0.4, -0.2) is 40.1 Å². The zero-order valence-electron chi connectivity index (χ0n) is 17.1. The zero-order chi connectivity index (χ0) is 23.4. The third kappa shape index (κ3) is 5.49. The molecule has 0 bridgehead atoms. The van der Waals surface area contributed by atoms with Crippen LogP contribution in [0.4, 0.5) is 18.9 Å². The van der Waals surface area contributed by atoms with Crippen LogP contribution in [-0.2, 0) is 20.9 Å². The van der Waals surface area contributed by atoms with Gasteiger partial charge in [-0.2, -0.15) is 13.2 Å². The molecule has 0 radical (unpaired) electrons. The molecule has 172 valence electrons. The maximum Gasteiger partial charge on any atom is 0.416 e. The van der Waals surface area contributed by atoms with Gasteiger partial charge >= 0.3 is 6.18 Å². The Bertz CT molecular complexity index is 1080. The van der Waals surface area contributed by atoms with Crippen LogP contribution in [0.15, 0.2) is 66.1 Å². The summed E-state index contributed by atoms with van der Waals surface area (Å²) in [5.74, 6) is -0.466. The number of halogens is 3. The molecular formula is C22H23F3N2O4S. The van der Waals surface area contributed by atoms with Gasteiger partial charge in [0.15, 0.2) is 0 Å². The number of hydrogen-bond acceptors (Lipinski definition) is 4. The third-order valence-corrected chi connectivity index (χ3v) is 6.74. The second-order valence-corrected chi connectivity index (χ2v) is 9.11. The lowest BCUT2D eigenvalue weighted by atomic mass is 10.2. The van der Waals surface area contributed by atoms with Crippen molar-refractivity contribution in [1.82, 2.24) is 5.32 Å². The SMILES string of the molecule is C=CCN(c1cccc(C(F)(F)F)c1)S(=O)(=O)c1cccc(C(=O)NCC2CCCO2)c1. The monoisotopic (exact) mass is 468 g/mol. The minimum atomic E-state index is -4.62. The van der Waals surface area contributed by atoms with E-state index in [1.165, 1.54) is 36.4 Å². The van der Waals surface area contributed by atoms with Crippen LogP contribution in [0.25, 0.3) is 0 Å². The van der Waals surface area contributed by atoms with E-state index in [4.69, 9.17) is 4.74 Å². The molecule has 3 rings (SSSR count). The Morgan fingerprint density at radius 1 is 1.22 bits per heavy atom. The predicted molar refractivity (Wildman–Crippen MR) is 114 cm³/mol. The summed E-state index contributed by atoms with van der Waals surface area (Å²) in [5, 5.41) is 2.72. The standard InChI is InChI=1S/C22H23F3N2O4S/c1-2-11-27(18-8-4-7-17(14-18)22(23,24)25)32(29,30)20-10-3-6-16(13-20)21(28)26-15-19-9-5-12-31-19/h2-4,6-8,10,13-14,19H,1,5,9,11-12,15H2,(H,26,28). The topological polar surface area (TPSA) is 75.7 Å². The number of nitrogens with zero attached hydrogens (tertiary/aromatic N) is 1. The molecule has 1 atom stereocenters. The van der Waals surface area contributed by atoms with Gasteiger partial charge in [0.05, 0.1) is 28.8 Å². The lowest BCUT2D eigenvalue weighted by Crippen LogP contribution is -2.33. The Morgan fingerprint density at radius 3 is 2.62 bits per heavy atom. The fourth-order valence-corrected chi connectivity index (χ4v) is 4.81. The lowest BCUT2D eigenvalue weighted by Gasteiger charge is -2.24. The van der Waals surface area contributed by atoms with Crippen molar-refractivity contribution in [1.29, 1.82) is 0 Å². The molecule has 32 heavy (non-hydrogen) atoms. The van der Waals surface area contributed by atoms with E-state index in [2.05, 4.69) is 11.9 Å². The molecule has 1 N–H and O–H groups in total. The maximum absolute atomic E-state index is 13.3. The Balaban J connectivity index is 1.88. The summed E-state index contributed by atoms with van der Waals surface area (Å²) in [6.07, 6.45) is -1.67. The molecule has 1 aliphatic heterocycles. The minimum absolute atomic E-state index is 0.0742. The summed E-state index contributed by atoms with van der Waals surface area (Å²) in [5.41, 5.74) is -1.01. The highest BCUT2D eigenvalue weighted by molar-refractivity contribution is 7.92. The first-order valence-corrected chi connectivity index (χ1v) is 11.4. The molecule has 10 heteroatoms. The molecule has 2 aromatic rings. The predicted octanol–water partition coefficient (Wildman–Crippen LogP) is 4.00. The number of hydrogen-bond donors (Lipinski definition) is 1. The number of sulfonamides is 1.